The normalized spacial score (nSPS) is 15.4. The van der Waals surface area contributed by atoms with E-state index in [2.05, 4.69) is 4.99 Å². The van der Waals surface area contributed by atoms with E-state index in [1.807, 2.05) is 109 Å². The molecule has 5 nitrogen and oxygen atoms in total. The van der Waals surface area contributed by atoms with Gasteiger partial charge in [0.15, 0.2) is 5.17 Å². The summed E-state index contributed by atoms with van der Waals surface area (Å²) >= 11 is 2.93. The van der Waals surface area contributed by atoms with Gasteiger partial charge in [-0.1, -0.05) is 96.3 Å². The van der Waals surface area contributed by atoms with Crippen LogP contribution in [0.25, 0.3) is 6.08 Å². The lowest BCUT2D eigenvalue weighted by Gasteiger charge is -2.31. The molecular weight excluding hydrogens is 498 g/mol. The molecule has 0 saturated heterocycles. The van der Waals surface area contributed by atoms with Gasteiger partial charge in [-0.15, -0.1) is 0 Å². The van der Waals surface area contributed by atoms with Gasteiger partial charge in [0.05, 0.1) is 22.8 Å². The Kier molecular flexibility index (Phi) is 6.39. The Balaban J connectivity index is 1.31. The lowest BCUT2D eigenvalue weighted by atomic mass is 10.2. The maximum atomic E-state index is 13.7. The van der Waals surface area contributed by atoms with E-state index in [0.29, 0.717) is 16.6 Å². The quantitative estimate of drug-likeness (QED) is 0.273. The molecule has 0 N–H and O–H groups in total. The minimum absolute atomic E-state index is 0.0751. The molecule has 180 valence electrons. The first-order valence-electron chi connectivity index (χ1n) is 11.8. The van der Waals surface area contributed by atoms with Crippen molar-refractivity contribution in [2.45, 2.75) is 9.79 Å². The average molecular weight is 520 g/mol. The van der Waals surface area contributed by atoms with E-state index in [1.54, 1.807) is 27.6 Å². The maximum Gasteiger partial charge on any atom is 0.283 e. The molecular formula is C30H21N3O2S2. The van der Waals surface area contributed by atoms with Gasteiger partial charge in [0.2, 0.25) is 5.91 Å². The third-order valence-electron chi connectivity index (χ3n) is 5.95. The molecule has 37 heavy (non-hydrogen) atoms. The third kappa shape index (κ3) is 4.59. The first-order valence-corrected chi connectivity index (χ1v) is 13.6. The number of thioether (sulfide) groups is 1. The summed E-state index contributed by atoms with van der Waals surface area (Å²) in [5.41, 5.74) is 3.68. The van der Waals surface area contributed by atoms with Crippen LogP contribution in [0.2, 0.25) is 0 Å². The van der Waals surface area contributed by atoms with Crippen LogP contribution in [-0.2, 0) is 9.59 Å². The van der Waals surface area contributed by atoms with Gasteiger partial charge >= 0.3 is 0 Å². The predicted octanol–water partition coefficient (Wildman–Crippen LogP) is 6.99. The molecule has 4 aromatic rings. The number of rotatable bonds is 4. The van der Waals surface area contributed by atoms with Crippen LogP contribution in [0.1, 0.15) is 5.56 Å². The van der Waals surface area contributed by atoms with Crippen molar-refractivity contribution in [3.8, 4) is 0 Å². The average Bonchev–Trinajstić information content (AvgIpc) is 3.25. The van der Waals surface area contributed by atoms with Gasteiger partial charge in [-0.3, -0.25) is 19.4 Å². The molecule has 2 heterocycles. The van der Waals surface area contributed by atoms with Gasteiger partial charge in [-0.05, 0) is 48.0 Å². The Morgan fingerprint density at radius 3 is 2.00 bits per heavy atom. The van der Waals surface area contributed by atoms with E-state index >= 15 is 0 Å². The van der Waals surface area contributed by atoms with Crippen LogP contribution < -0.4 is 9.80 Å². The molecule has 0 aromatic heterocycles. The summed E-state index contributed by atoms with van der Waals surface area (Å²) in [5, 5.41) is 0.486. The highest BCUT2D eigenvalue weighted by Crippen LogP contribution is 2.48. The lowest BCUT2D eigenvalue weighted by Crippen LogP contribution is -2.33. The van der Waals surface area contributed by atoms with Gasteiger partial charge < -0.3 is 0 Å². The smallest absolute Gasteiger partial charge is 0.278 e. The molecule has 2 amide bonds. The van der Waals surface area contributed by atoms with Crippen molar-refractivity contribution in [1.29, 1.82) is 0 Å². The predicted molar refractivity (Wildman–Crippen MR) is 152 cm³/mol. The molecule has 0 fully saturated rings. The van der Waals surface area contributed by atoms with Crippen molar-refractivity contribution in [2.24, 2.45) is 4.99 Å². The fourth-order valence-electron chi connectivity index (χ4n) is 4.27. The zero-order valence-electron chi connectivity index (χ0n) is 19.7. The molecule has 0 spiro atoms. The van der Waals surface area contributed by atoms with E-state index in [4.69, 9.17) is 0 Å². The highest BCUT2D eigenvalue weighted by molar-refractivity contribution is 8.14. The van der Waals surface area contributed by atoms with E-state index in [-0.39, 0.29) is 17.6 Å². The van der Waals surface area contributed by atoms with Crippen LogP contribution >= 0.6 is 23.5 Å². The number of hydrogen-bond donors (Lipinski definition) is 0. The minimum atomic E-state index is -0.213. The van der Waals surface area contributed by atoms with Gasteiger partial charge in [0, 0.05) is 9.79 Å². The summed E-state index contributed by atoms with van der Waals surface area (Å²) in [6.45, 7) is 0. The standard InChI is InChI=1S/C30H21N3O2S2/c34-28(33-24-15-7-9-17-26(24)37-27-18-10-8-16-25(27)33)20-36-30-31-23(19-21-11-3-1-4-12-21)29(35)32(30)22-13-5-2-6-14-22/h1-19H,20H2/b23-19-. The summed E-state index contributed by atoms with van der Waals surface area (Å²) in [4.78, 5) is 37.2. The zero-order valence-corrected chi connectivity index (χ0v) is 21.3. The maximum absolute atomic E-state index is 13.7. The van der Waals surface area contributed by atoms with Crippen molar-refractivity contribution in [1.82, 2.24) is 0 Å². The Hall–Kier alpha value is -4.07. The lowest BCUT2D eigenvalue weighted by molar-refractivity contribution is -0.115. The van der Waals surface area contributed by atoms with E-state index < -0.39 is 0 Å². The number of fused-ring (bicyclic) bond motifs is 2. The van der Waals surface area contributed by atoms with E-state index in [9.17, 15) is 9.59 Å². The molecule has 0 radical (unpaired) electrons. The highest BCUT2D eigenvalue weighted by Gasteiger charge is 2.34. The van der Waals surface area contributed by atoms with Crippen molar-refractivity contribution in [2.75, 3.05) is 15.6 Å². The fraction of sp³-hybridized carbons (Fsp3) is 0.0333. The second-order valence-electron chi connectivity index (χ2n) is 8.37. The molecule has 0 unspecified atom stereocenters. The van der Waals surface area contributed by atoms with Crippen molar-refractivity contribution < 1.29 is 9.59 Å². The Labute approximate surface area is 223 Å². The van der Waals surface area contributed by atoms with Gasteiger partial charge in [-0.25, -0.2) is 4.99 Å². The van der Waals surface area contributed by atoms with Crippen LogP contribution in [-0.4, -0.2) is 22.7 Å². The number of aliphatic imine (C=N–C) groups is 1. The molecule has 2 aliphatic rings. The van der Waals surface area contributed by atoms with Crippen LogP contribution in [0.15, 0.2) is 130 Å². The Bertz CT molecular complexity index is 1510. The van der Waals surface area contributed by atoms with Crippen molar-refractivity contribution >= 4 is 63.6 Å². The molecule has 0 atom stereocenters. The van der Waals surface area contributed by atoms with E-state index in [1.165, 1.54) is 11.8 Å². The fourth-order valence-corrected chi connectivity index (χ4v) is 6.19. The number of carbonyl (C=O) groups excluding carboxylic acids is 2. The number of nitrogens with zero attached hydrogens (tertiary/aromatic N) is 3. The molecule has 0 bridgehead atoms. The zero-order chi connectivity index (χ0) is 25.2. The van der Waals surface area contributed by atoms with Crippen molar-refractivity contribution in [3.05, 3.63) is 120 Å². The number of anilines is 3. The molecule has 0 saturated carbocycles. The second kappa shape index (κ2) is 10.1. The summed E-state index contributed by atoms with van der Waals surface area (Å²) in [7, 11) is 0. The number of benzene rings is 4. The number of carbonyl (C=O) groups is 2. The number of hydrogen-bond acceptors (Lipinski definition) is 5. The SMILES string of the molecule is O=C1/C(=C/c2ccccc2)N=C(SCC(=O)N2c3ccccc3Sc3ccccc32)N1c1ccccc1. The third-order valence-corrected chi connectivity index (χ3v) is 8.01. The molecule has 6 rings (SSSR count). The van der Waals surface area contributed by atoms with Gasteiger partial charge in [-0.2, -0.15) is 0 Å². The largest absolute Gasteiger partial charge is 0.283 e. The molecule has 4 aromatic carbocycles. The first kappa shape index (κ1) is 23.3. The van der Waals surface area contributed by atoms with E-state index in [0.717, 1.165) is 26.7 Å². The minimum Gasteiger partial charge on any atom is -0.278 e. The van der Waals surface area contributed by atoms with Crippen LogP contribution in [0.4, 0.5) is 17.1 Å². The van der Waals surface area contributed by atoms with Crippen LogP contribution in [0, 0.1) is 0 Å². The summed E-state index contributed by atoms with van der Waals surface area (Å²) < 4.78 is 0. The summed E-state index contributed by atoms with van der Waals surface area (Å²) in [6, 6.07) is 34.9. The number of amidine groups is 1. The summed E-state index contributed by atoms with van der Waals surface area (Å²) in [6.07, 6.45) is 1.78. The molecule has 7 heteroatoms. The first-order chi connectivity index (χ1) is 18.2. The van der Waals surface area contributed by atoms with Gasteiger partial charge in [0.1, 0.15) is 5.70 Å². The van der Waals surface area contributed by atoms with Crippen LogP contribution in [0.3, 0.4) is 0 Å². The Morgan fingerprint density at radius 1 is 0.784 bits per heavy atom. The monoisotopic (exact) mass is 519 g/mol. The number of para-hydroxylation sites is 3. The molecule has 0 aliphatic carbocycles. The van der Waals surface area contributed by atoms with Crippen molar-refractivity contribution in [3.63, 3.8) is 0 Å². The Morgan fingerprint density at radius 2 is 1.35 bits per heavy atom. The van der Waals surface area contributed by atoms with Crippen LogP contribution in [0.5, 0.6) is 0 Å². The van der Waals surface area contributed by atoms with Gasteiger partial charge in [0.25, 0.3) is 5.91 Å². The summed E-state index contributed by atoms with van der Waals surface area (Å²) in [5.74, 6) is -0.162. The second-order valence-corrected chi connectivity index (χ2v) is 10.4. The highest BCUT2D eigenvalue weighted by atomic mass is 32.2. The number of amides is 2. The molecule has 2 aliphatic heterocycles. The topological polar surface area (TPSA) is 53.0 Å².